The van der Waals surface area contributed by atoms with Gasteiger partial charge in [-0.15, -0.1) is 0 Å². The first-order valence-corrected chi connectivity index (χ1v) is 7.30. The Bertz CT molecular complexity index is 525. The van der Waals surface area contributed by atoms with Gasteiger partial charge < -0.3 is 10.4 Å². The van der Waals surface area contributed by atoms with Crippen LogP contribution in [0.4, 0.5) is 0 Å². The molecule has 1 aromatic rings. The molecule has 19 heavy (non-hydrogen) atoms. The Labute approximate surface area is 112 Å². The lowest BCUT2D eigenvalue weighted by Crippen LogP contribution is -2.35. The first-order valence-electron chi connectivity index (χ1n) is 5.81. The highest BCUT2D eigenvalue weighted by Gasteiger charge is 2.16. The summed E-state index contributed by atoms with van der Waals surface area (Å²) in [6, 6.07) is 5.65. The van der Waals surface area contributed by atoms with E-state index in [1.165, 1.54) is 19.1 Å². The Balaban J connectivity index is 2.77. The molecule has 0 spiro atoms. The van der Waals surface area contributed by atoms with E-state index in [1.54, 1.807) is 19.1 Å². The van der Waals surface area contributed by atoms with Crippen LogP contribution in [0.1, 0.15) is 19.4 Å². The number of hydrogen-bond acceptors (Lipinski definition) is 4. The number of amides is 1. The van der Waals surface area contributed by atoms with E-state index in [0.29, 0.717) is 6.54 Å². The van der Waals surface area contributed by atoms with Gasteiger partial charge >= 0.3 is 0 Å². The molecule has 7 heteroatoms. The lowest BCUT2D eigenvalue weighted by atomic mass is 10.2. The highest BCUT2D eigenvalue weighted by atomic mass is 32.2. The van der Waals surface area contributed by atoms with Crippen molar-refractivity contribution < 1.29 is 18.3 Å². The molecule has 3 N–H and O–H groups in total. The summed E-state index contributed by atoms with van der Waals surface area (Å²) in [6.45, 7) is 3.08. The minimum atomic E-state index is -3.62. The van der Waals surface area contributed by atoms with Crippen LogP contribution in [0.15, 0.2) is 29.2 Å². The van der Waals surface area contributed by atoms with Gasteiger partial charge in [-0.05, 0) is 24.6 Å². The molecule has 1 rings (SSSR count). The molecule has 0 fully saturated rings. The fourth-order valence-corrected chi connectivity index (χ4v) is 2.62. The van der Waals surface area contributed by atoms with Crippen molar-refractivity contribution >= 4 is 15.9 Å². The fourth-order valence-electron chi connectivity index (χ4n) is 1.38. The summed E-state index contributed by atoms with van der Waals surface area (Å²) >= 11 is 0. The third kappa shape index (κ3) is 4.98. The molecular formula is C12H18N2O4S. The average molecular weight is 286 g/mol. The normalized spacial score (nSPS) is 13.0. The summed E-state index contributed by atoms with van der Waals surface area (Å²) < 4.78 is 26.1. The largest absolute Gasteiger partial charge is 0.395 e. The van der Waals surface area contributed by atoms with Crippen LogP contribution in [0.2, 0.25) is 0 Å². The van der Waals surface area contributed by atoms with Crippen LogP contribution in [-0.4, -0.2) is 32.1 Å². The molecule has 0 unspecified atom stereocenters. The molecule has 0 radical (unpaired) electrons. The lowest BCUT2D eigenvalue weighted by Gasteiger charge is -2.12. The van der Waals surface area contributed by atoms with Gasteiger partial charge in [-0.1, -0.05) is 12.1 Å². The number of aliphatic hydroxyl groups excluding tert-OH is 1. The second-order valence-electron chi connectivity index (χ2n) is 4.26. The Hall–Kier alpha value is -1.44. The number of aliphatic hydroxyl groups is 1. The summed E-state index contributed by atoms with van der Waals surface area (Å²) in [7, 11) is -3.62. The van der Waals surface area contributed by atoms with Crippen molar-refractivity contribution in [1.29, 1.82) is 0 Å². The fraction of sp³-hybridized carbons (Fsp3) is 0.417. The molecule has 6 nitrogen and oxygen atoms in total. The van der Waals surface area contributed by atoms with Crippen LogP contribution in [0.25, 0.3) is 0 Å². The Kier molecular flexibility index (Phi) is 5.46. The molecule has 0 aliphatic rings. The molecular weight excluding hydrogens is 268 g/mol. The van der Waals surface area contributed by atoms with Crippen LogP contribution in [-0.2, 0) is 21.4 Å². The molecule has 0 aromatic heterocycles. The molecule has 106 valence electrons. The highest BCUT2D eigenvalue weighted by Crippen LogP contribution is 2.11. The molecule has 1 aromatic carbocycles. The van der Waals surface area contributed by atoms with Crippen LogP contribution in [0.5, 0.6) is 0 Å². The molecule has 1 amide bonds. The minimum Gasteiger partial charge on any atom is -0.395 e. The van der Waals surface area contributed by atoms with Crippen LogP contribution in [0, 0.1) is 0 Å². The third-order valence-electron chi connectivity index (χ3n) is 2.41. The lowest BCUT2D eigenvalue weighted by molar-refractivity contribution is -0.119. The SMILES string of the molecule is CC(=O)NCc1ccc(S(=O)(=O)N[C@H](C)CO)cc1. The van der Waals surface area contributed by atoms with E-state index < -0.39 is 16.1 Å². The van der Waals surface area contributed by atoms with Gasteiger partial charge in [-0.2, -0.15) is 0 Å². The van der Waals surface area contributed by atoms with Gasteiger partial charge in [0.1, 0.15) is 0 Å². The van der Waals surface area contributed by atoms with Crippen LogP contribution >= 0.6 is 0 Å². The van der Waals surface area contributed by atoms with Gasteiger partial charge in [0.15, 0.2) is 0 Å². The number of sulfonamides is 1. The number of rotatable bonds is 6. The van der Waals surface area contributed by atoms with Crippen molar-refractivity contribution in [3.05, 3.63) is 29.8 Å². The van der Waals surface area contributed by atoms with Gasteiger partial charge in [0, 0.05) is 19.5 Å². The third-order valence-corrected chi connectivity index (χ3v) is 4.01. The van der Waals surface area contributed by atoms with Crippen molar-refractivity contribution in [2.45, 2.75) is 31.3 Å². The summed E-state index contributed by atoms with van der Waals surface area (Å²) in [5.41, 5.74) is 0.810. The second kappa shape index (κ2) is 6.65. The summed E-state index contributed by atoms with van der Waals surface area (Å²) in [5, 5.41) is 11.5. The maximum atomic E-state index is 11.9. The van der Waals surface area contributed by atoms with E-state index in [1.807, 2.05) is 0 Å². The van der Waals surface area contributed by atoms with Crippen LogP contribution in [0.3, 0.4) is 0 Å². The van der Waals surface area contributed by atoms with Crippen molar-refractivity contribution in [2.75, 3.05) is 6.61 Å². The van der Waals surface area contributed by atoms with Crippen LogP contribution < -0.4 is 10.0 Å². The van der Waals surface area contributed by atoms with E-state index in [0.717, 1.165) is 5.56 Å². The van der Waals surface area contributed by atoms with Crippen molar-refractivity contribution in [2.24, 2.45) is 0 Å². The minimum absolute atomic E-state index is 0.124. The molecule has 0 aliphatic carbocycles. The van der Waals surface area contributed by atoms with Gasteiger partial charge in [0.05, 0.1) is 11.5 Å². The predicted molar refractivity (Wildman–Crippen MR) is 70.8 cm³/mol. The maximum absolute atomic E-state index is 11.9. The molecule has 0 aliphatic heterocycles. The average Bonchev–Trinajstić information content (AvgIpc) is 2.36. The van der Waals surface area contributed by atoms with Gasteiger partial charge in [-0.25, -0.2) is 13.1 Å². The Morgan fingerprint density at radius 2 is 1.89 bits per heavy atom. The number of hydrogen-bond donors (Lipinski definition) is 3. The van der Waals surface area contributed by atoms with Gasteiger partial charge in [0.25, 0.3) is 0 Å². The van der Waals surface area contributed by atoms with Crippen molar-refractivity contribution in [3.63, 3.8) is 0 Å². The molecule has 0 saturated heterocycles. The monoisotopic (exact) mass is 286 g/mol. The number of nitrogens with one attached hydrogen (secondary N) is 2. The predicted octanol–water partition coefficient (Wildman–Crippen LogP) is -0.0182. The summed E-state index contributed by atoms with van der Waals surface area (Å²) in [6.07, 6.45) is 0. The first kappa shape index (κ1) is 15.6. The number of carbonyl (C=O) groups excluding carboxylic acids is 1. The smallest absolute Gasteiger partial charge is 0.240 e. The zero-order valence-corrected chi connectivity index (χ0v) is 11.7. The van der Waals surface area contributed by atoms with Gasteiger partial charge in [0.2, 0.25) is 15.9 Å². The van der Waals surface area contributed by atoms with E-state index >= 15 is 0 Å². The molecule has 0 bridgehead atoms. The van der Waals surface area contributed by atoms with Crippen molar-refractivity contribution in [3.8, 4) is 0 Å². The summed E-state index contributed by atoms with van der Waals surface area (Å²) in [4.78, 5) is 10.9. The van der Waals surface area contributed by atoms with Crippen molar-refractivity contribution in [1.82, 2.24) is 10.0 Å². The first-order chi connectivity index (χ1) is 8.85. The molecule has 0 heterocycles. The van der Waals surface area contributed by atoms with E-state index in [-0.39, 0.29) is 17.4 Å². The summed E-state index contributed by atoms with van der Waals surface area (Å²) in [5.74, 6) is -0.143. The Morgan fingerprint density at radius 1 is 1.32 bits per heavy atom. The van der Waals surface area contributed by atoms with Gasteiger partial charge in [-0.3, -0.25) is 4.79 Å². The quantitative estimate of drug-likeness (QED) is 0.685. The standard InChI is InChI=1S/C12H18N2O4S/c1-9(8-15)14-19(17,18)12-5-3-11(4-6-12)7-13-10(2)16/h3-6,9,14-15H,7-8H2,1-2H3,(H,13,16)/t9-/m1/s1. The Morgan fingerprint density at radius 3 is 2.37 bits per heavy atom. The van der Waals surface area contributed by atoms with E-state index in [4.69, 9.17) is 5.11 Å². The molecule has 1 atom stereocenters. The second-order valence-corrected chi connectivity index (χ2v) is 5.97. The molecule has 0 saturated carbocycles. The topological polar surface area (TPSA) is 95.5 Å². The van der Waals surface area contributed by atoms with E-state index in [2.05, 4.69) is 10.0 Å². The number of benzene rings is 1. The highest BCUT2D eigenvalue weighted by molar-refractivity contribution is 7.89. The van der Waals surface area contributed by atoms with E-state index in [9.17, 15) is 13.2 Å². The number of carbonyl (C=O) groups is 1. The zero-order valence-electron chi connectivity index (χ0n) is 10.9. The zero-order chi connectivity index (χ0) is 14.5. The maximum Gasteiger partial charge on any atom is 0.240 e.